The first-order valence-electron chi connectivity index (χ1n) is 9.15. The number of rotatable bonds is 6. The minimum absolute atomic E-state index is 0.109. The highest BCUT2D eigenvalue weighted by atomic mass is 32.2. The molecule has 2 N–H and O–H groups in total. The number of aromatic nitrogens is 1. The van der Waals surface area contributed by atoms with Crippen LogP contribution in [0.25, 0.3) is 10.9 Å². The second-order valence-corrected chi connectivity index (χ2v) is 9.32. The molecule has 1 heterocycles. The number of benzene rings is 2. The molecule has 0 aliphatic heterocycles. The number of anilines is 2. The van der Waals surface area contributed by atoms with Crippen molar-refractivity contribution in [1.29, 1.82) is 0 Å². The highest BCUT2D eigenvalue weighted by Crippen LogP contribution is 2.34. The summed E-state index contributed by atoms with van der Waals surface area (Å²) < 4.78 is 22.6. The van der Waals surface area contributed by atoms with E-state index in [0.29, 0.717) is 12.6 Å². The molecule has 0 bridgehead atoms. The van der Waals surface area contributed by atoms with E-state index in [9.17, 15) is 8.42 Å². The average molecular weight is 382 g/mol. The van der Waals surface area contributed by atoms with Gasteiger partial charge in [-0.25, -0.2) is 13.4 Å². The smallest absolute Gasteiger partial charge is 0.149 e. The number of nitrogens with one attached hydrogen (secondary N) is 2. The Balaban J connectivity index is 1.53. The Hall–Kier alpha value is -2.60. The maximum atomic E-state index is 11.3. The van der Waals surface area contributed by atoms with E-state index in [1.807, 2.05) is 30.3 Å². The quantitative estimate of drug-likeness (QED) is 0.680. The van der Waals surface area contributed by atoms with Gasteiger partial charge in [-0.1, -0.05) is 30.3 Å². The van der Waals surface area contributed by atoms with Gasteiger partial charge in [-0.05, 0) is 48.2 Å². The molecule has 3 aromatic rings. The number of nitrogens with zero attached hydrogens (tertiary/aromatic N) is 1. The maximum Gasteiger partial charge on any atom is 0.149 e. The fraction of sp³-hybridized carbons (Fsp3) is 0.286. The molecule has 1 aromatic heterocycles. The van der Waals surface area contributed by atoms with Crippen LogP contribution in [0.2, 0.25) is 0 Å². The lowest BCUT2D eigenvalue weighted by molar-refractivity contribution is 0.602. The minimum Gasteiger partial charge on any atom is -0.383 e. The van der Waals surface area contributed by atoms with Gasteiger partial charge in [0.2, 0.25) is 0 Å². The molecule has 0 unspecified atom stereocenters. The zero-order valence-electron chi connectivity index (χ0n) is 15.3. The summed E-state index contributed by atoms with van der Waals surface area (Å²) >= 11 is 0. The normalized spacial score (nSPS) is 16.3. The largest absolute Gasteiger partial charge is 0.383 e. The molecule has 140 valence electrons. The van der Waals surface area contributed by atoms with Gasteiger partial charge >= 0.3 is 0 Å². The van der Waals surface area contributed by atoms with Crippen LogP contribution in [0.1, 0.15) is 23.6 Å². The summed E-state index contributed by atoms with van der Waals surface area (Å²) in [7, 11) is -2.98. The fourth-order valence-electron chi connectivity index (χ4n) is 3.65. The van der Waals surface area contributed by atoms with Crippen molar-refractivity contribution in [1.82, 2.24) is 4.98 Å². The standard InChI is InChI=1S/C21H23N3O2S/c1-27(25,26)14-13-22-18-7-4-8-19-17(18)10-12-21(23-19)24-20-11-9-15-5-2-3-6-16(15)20/h2-8,10,12,20,22H,9,11,13-14H2,1H3,(H,23,24)/t20-/m1/s1. The van der Waals surface area contributed by atoms with Crippen LogP contribution in [0.3, 0.4) is 0 Å². The fourth-order valence-corrected chi connectivity index (χ4v) is 4.12. The third-order valence-corrected chi connectivity index (χ3v) is 5.92. The van der Waals surface area contributed by atoms with Crippen molar-refractivity contribution >= 4 is 32.2 Å². The third-order valence-electron chi connectivity index (χ3n) is 4.98. The predicted octanol–water partition coefficient (Wildman–Crippen LogP) is 3.79. The Morgan fingerprint density at radius 3 is 2.78 bits per heavy atom. The lowest BCUT2D eigenvalue weighted by Crippen LogP contribution is -2.14. The summed E-state index contributed by atoms with van der Waals surface area (Å²) in [5.74, 6) is 0.967. The Morgan fingerprint density at radius 1 is 1.07 bits per heavy atom. The molecule has 0 saturated heterocycles. The van der Waals surface area contributed by atoms with E-state index in [0.717, 1.165) is 35.2 Å². The van der Waals surface area contributed by atoms with E-state index in [2.05, 4.69) is 34.9 Å². The van der Waals surface area contributed by atoms with Crippen LogP contribution >= 0.6 is 0 Å². The van der Waals surface area contributed by atoms with Crippen LogP contribution in [-0.2, 0) is 16.3 Å². The molecule has 0 spiro atoms. The van der Waals surface area contributed by atoms with Crippen molar-refractivity contribution in [2.75, 3.05) is 29.2 Å². The molecule has 2 aromatic carbocycles. The van der Waals surface area contributed by atoms with Crippen molar-refractivity contribution in [2.24, 2.45) is 0 Å². The molecule has 1 atom stereocenters. The first kappa shape index (κ1) is 17.8. The number of hydrogen-bond acceptors (Lipinski definition) is 5. The summed E-state index contributed by atoms with van der Waals surface area (Å²) in [6.07, 6.45) is 3.42. The Morgan fingerprint density at radius 2 is 1.93 bits per heavy atom. The van der Waals surface area contributed by atoms with Crippen LogP contribution in [-0.4, -0.2) is 32.0 Å². The number of fused-ring (bicyclic) bond motifs is 2. The summed E-state index contributed by atoms with van der Waals surface area (Å²) in [6.45, 7) is 0.386. The SMILES string of the molecule is CS(=O)(=O)CCNc1cccc2nc(N[C@@H]3CCc4ccccc43)ccc12. The van der Waals surface area contributed by atoms with Crippen molar-refractivity contribution in [3.05, 3.63) is 65.7 Å². The van der Waals surface area contributed by atoms with Gasteiger partial charge in [-0.15, -0.1) is 0 Å². The number of hydrogen-bond donors (Lipinski definition) is 2. The topological polar surface area (TPSA) is 71.1 Å². The molecule has 0 radical (unpaired) electrons. The van der Waals surface area contributed by atoms with Gasteiger partial charge in [-0.2, -0.15) is 0 Å². The number of pyridine rings is 1. The van der Waals surface area contributed by atoms with E-state index in [-0.39, 0.29) is 5.75 Å². The van der Waals surface area contributed by atoms with Gasteiger partial charge < -0.3 is 10.6 Å². The van der Waals surface area contributed by atoms with Crippen molar-refractivity contribution in [3.63, 3.8) is 0 Å². The third kappa shape index (κ3) is 4.06. The summed E-state index contributed by atoms with van der Waals surface area (Å²) in [5.41, 5.74) is 4.56. The van der Waals surface area contributed by atoms with Crippen LogP contribution < -0.4 is 10.6 Å². The number of aryl methyl sites for hydroxylation is 1. The van der Waals surface area contributed by atoms with Crippen molar-refractivity contribution < 1.29 is 8.42 Å². The molecular formula is C21H23N3O2S. The molecule has 4 rings (SSSR count). The molecule has 5 nitrogen and oxygen atoms in total. The first-order chi connectivity index (χ1) is 13.0. The highest BCUT2D eigenvalue weighted by Gasteiger charge is 2.21. The van der Waals surface area contributed by atoms with Crippen molar-refractivity contribution in [2.45, 2.75) is 18.9 Å². The molecule has 0 amide bonds. The van der Waals surface area contributed by atoms with E-state index in [1.54, 1.807) is 0 Å². The van der Waals surface area contributed by atoms with Crippen LogP contribution in [0.15, 0.2) is 54.6 Å². The van der Waals surface area contributed by atoms with Gasteiger partial charge in [-0.3, -0.25) is 0 Å². The summed E-state index contributed by atoms with van der Waals surface area (Å²) in [4.78, 5) is 4.76. The lowest BCUT2D eigenvalue weighted by atomic mass is 10.1. The van der Waals surface area contributed by atoms with Crippen LogP contribution in [0.5, 0.6) is 0 Å². The zero-order chi connectivity index (χ0) is 18.9. The minimum atomic E-state index is -2.98. The zero-order valence-corrected chi connectivity index (χ0v) is 16.1. The van der Waals surface area contributed by atoms with E-state index in [1.165, 1.54) is 17.4 Å². The Kier molecular flexibility index (Phi) is 4.74. The molecule has 0 fully saturated rings. The molecule has 6 heteroatoms. The van der Waals surface area contributed by atoms with Crippen molar-refractivity contribution in [3.8, 4) is 0 Å². The van der Waals surface area contributed by atoms with Gasteiger partial charge in [0.15, 0.2) is 0 Å². The second kappa shape index (κ2) is 7.19. The summed E-state index contributed by atoms with van der Waals surface area (Å²) in [6, 6.07) is 18.7. The Labute approximate surface area is 159 Å². The maximum absolute atomic E-state index is 11.3. The van der Waals surface area contributed by atoms with Gasteiger partial charge in [0.1, 0.15) is 15.7 Å². The molecular weight excluding hydrogens is 358 g/mol. The van der Waals surface area contributed by atoms with Crippen LogP contribution in [0.4, 0.5) is 11.5 Å². The monoisotopic (exact) mass is 381 g/mol. The van der Waals surface area contributed by atoms with Gasteiger partial charge in [0.25, 0.3) is 0 Å². The summed E-state index contributed by atoms with van der Waals surface area (Å²) in [5, 5.41) is 7.76. The molecule has 27 heavy (non-hydrogen) atoms. The van der Waals surface area contributed by atoms with E-state index < -0.39 is 9.84 Å². The second-order valence-electron chi connectivity index (χ2n) is 7.06. The molecule has 1 aliphatic rings. The molecule has 1 aliphatic carbocycles. The van der Waals surface area contributed by atoms with E-state index in [4.69, 9.17) is 4.98 Å². The number of sulfone groups is 1. The van der Waals surface area contributed by atoms with Gasteiger partial charge in [0.05, 0.1) is 17.3 Å². The highest BCUT2D eigenvalue weighted by molar-refractivity contribution is 7.90. The Bertz CT molecular complexity index is 1080. The lowest BCUT2D eigenvalue weighted by Gasteiger charge is -2.16. The van der Waals surface area contributed by atoms with E-state index >= 15 is 0 Å². The average Bonchev–Trinajstić information content (AvgIpc) is 3.04. The van der Waals surface area contributed by atoms with Gasteiger partial charge in [0, 0.05) is 23.9 Å². The van der Waals surface area contributed by atoms with Crippen LogP contribution in [0, 0.1) is 0 Å². The predicted molar refractivity (Wildman–Crippen MR) is 111 cm³/mol. The first-order valence-corrected chi connectivity index (χ1v) is 11.2. The molecule has 0 saturated carbocycles.